The molecule has 1 atom stereocenters. The van der Waals surface area contributed by atoms with E-state index in [2.05, 4.69) is 22.3 Å². The largest absolute Gasteiger partial charge is 0.382 e. The normalized spacial score (nSPS) is 16.2. The van der Waals surface area contributed by atoms with Gasteiger partial charge in [0.2, 0.25) is 11.8 Å². The lowest BCUT2D eigenvalue weighted by atomic mass is 10.1. The van der Waals surface area contributed by atoms with Gasteiger partial charge in [-0.2, -0.15) is 5.10 Å². The number of carbonyl (C=O) groups excluding carboxylic acids is 3. The van der Waals surface area contributed by atoms with E-state index < -0.39 is 5.25 Å². The maximum absolute atomic E-state index is 12.7. The zero-order valence-corrected chi connectivity index (χ0v) is 20.0. The number of aromatic nitrogens is 1. The number of pyridine rings is 1. The molecule has 0 aliphatic carbocycles. The first-order valence-electron chi connectivity index (χ1n) is 11.3. The second-order valence-corrected chi connectivity index (χ2v) is 9.23. The van der Waals surface area contributed by atoms with Gasteiger partial charge in [0.05, 0.1) is 5.25 Å². The Hall–Kier alpha value is -3.40. The van der Waals surface area contributed by atoms with Crippen molar-refractivity contribution < 1.29 is 14.4 Å². The second kappa shape index (κ2) is 12.2. The molecule has 1 saturated heterocycles. The monoisotopic (exact) mass is 482 g/mol. The molecule has 1 aliphatic rings. The van der Waals surface area contributed by atoms with Crippen LogP contribution in [0.4, 0.5) is 10.5 Å². The van der Waals surface area contributed by atoms with Crippen molar-refractivity contribution in [2.45, 2.75) is 50.7 Å². The van der Waals surface area contributed by atoms with Gasteiger partial charge in [-0.15, -0.1) is 0 Å². The van der Waals surface area contributed by atoms with Gasteiger partial charge < -0.3 is 16.9 Å². The molecule has 3 amide bonds. The first-order valence-corrected chi connectivity index (χ1v) is 12.2. The summed E-state index contributed by atoms with van der Waals surface area (Å²) in [6.07, 6.45) is 5.97. The van der Waals surface area contributed by atoms with Gasteiger partial charge in [0.25, 0.3) is 5.24 Å². The van der Waals surface area contributed by atoms with Crippen LogP contribution in [0.3, 0.4) is 0 Å². The molecule has 3 rings (SSSR count). The molecule has 2 heterocycles. The van der Waals surface area contributed by atoms with Gasteiger partial charge >= 0.3 is 0 Å². The molecular formula is C24H30N6O3S. The quantitative estimate of drug-likeness (QED) is 0.193. The molecule has 0 saturated carbocycles. The number of imide groups is 1. The number of hydrogen-bond acceptors (Lipinski definition) is 7. The summed E-state index contributed by atoms with van der Waals surface area (Å²) in [5.74, 6) is 4.94. The first-order chi connectivity index (χ1) is 16.4. The molecule has 9 nitrogen and oxygen atoms in total. The van der Waals surface area contributed by atoms with Crippen molar-refractivity contribution >= 4 is 40.3 Å². The van der Waals surface area contributed by atoms with Crippen molar-refractivity contribution in [2.75, 3.05) is 11.9 Å². The summed E-state index contributed by atoms with van der Waals surface area (Å²) >= 11 is 1.04. The van der Waals surface area contributed by atoms with Crippen LogP contribution in [0.5, 0.6) is 0 Å². The summed E-state index contributed by atoms with van der Waals surface area (Å²) in [6, 6.07) is 10.8. The number of nitrogens with two attached hydrogens (primary N) is 2. The molecule has 1 aliphatic heterocycles. The SMILES string of the molecule is CCCCc1ccc(CC2SC(=O)N(CCCC(=O)Nc3ccc(/C(N)=N/N)cc3)C2=O)cn1. The molecule has 0 radical (unpaired) electrons. The van der Waals surface area contributed by atoms with E-state index in [-0.39, 0.29) is 35.9 Å². The number of unbranched alkanes of at least 4 members (excludes halogenated alkanes) is 1. The lowest BCUT2D eigenvalue weighted by Crippen LogP contribution is -2.33. The summed E-state index contributed by atoms with van der Waals surface area (Å²) in [4.78, 5) is 43.1. The van der Waals surface area contributed by atoms with Crippen molar-refractivity contribution in [2.24, 2.45) is 16.7 Å². The van der Waals surface area contributed by atoms with Crippen molar-refractivity contribution in [1.82, 2.24) is 9.88 Å². The number of rotatable bonds is 11. The topological polar surface area (TPSA) is 144 Å². The lowest BCUT2D eigenvalue weighted by molar-refractivity contribution is -0.127. The first kappa shape index (κ1) is 25.2. The summed E-state index contributed by atoms with van der Waals surface area (Å²) in [6.45, 7) is 2.35. The Balaban J connectivity index is 1.44. The fourth-order valence-electron chi connectivity index (χ4n) is 3.55. The molecule has 0 bridgehead atoms. The van der Waals surface area contributed by atoms with Gasteiger partial charge in [0.15, 0.2) is 0 Å². The molecular weight excluding hydrogens is 452 g/mol. The van der Waals surface area contributed by atoms with Gasteiger partial charge in [-0.05, 0) is 61.6 Å². The van der Waals surface area contributed by atoms with Crippen molar-refractivity contribution in [3.63, 3.8) is 0 Å². The van der Waals surface area contributed by atoms with E-state index in [4.69, 9.17) is 11.6 Å². The zero-order valence-electron chi connectivity index (χ0n) is 19.2. The molecule has 180 valence electrons. The molecule has 1 fully saturated rings. The number of nitrogens with zero attached hydrogens (tertiary/aromatic N) is 3. The smallest absolute Gasteiger partial charge is 0.289 e. The molecule has 2 aromatic rings. The molecule has 1 unspecified atom stereocenters. The van der Waals surface area contributed by atoms with Gasteiger partial charge in [-0.3, -0.25) is 24.3 Å². The van der Waals surface area contributed by atoms with Crippen molar-refractivity contribution in [3.05, 3.63) is 59.4 Å². The van der Waals surface area contributed by atoms with Crippen LogP contribution in [-0.2, 0) is 22.4 Å². The van der Waals surface area contributed by atoms with Gasteiger partial charge in [0.1, 0.15) is 5.84 Å². The number of nitrogens with one attached hydrogen (secondary N) is 1. The number of thioether (sulfide) groups is 1. The highest BCUT2D eigenvalue weighted by atomic mass is 32.2. The van der Waals surface area contributed by atoms with E-state index in [0.29, 0.717) is 24.1 Å². The fraction of sp³-hybridized carbons (Fsp3) is 0.375. The zero-order chi connectivity index (χ0) is 24.5. The van der Waals surface area contributed by atoms with Crippen LogP contribution >= 0.6 is 11.8 Å². The summed E-state index contributed by atoms with van der Waals surface area (Å²) < 4.78 is 0. The number of amides is 3. The molecule has 1 aromatic heterocycles. The summed E-state index contributed by atoms with van der Waals surface area (Å²) in [5, 5.41) is 5.49. The Morgan fingerprint density at radius 3 is 2.59 bits per heavy atom. The Labute approximate surface area is 203 Å². The standard InChI is InChI=1S/C24H30N6O3S/c1-2-3-5-18-10-7-16(15-27-18)14-20-23(32)30(24(33)34-20)13-4-6-21(31)28-19-11-8-17(9-12-19)22(25)29-26/h7-12,15,20H,2-6,13-14,26H2,1H3,(H2,25,29)(H,28,31). The highest BCUT2D eigenvalue weighted by Crippen LogP contribution is 2.29. The van der Waals surface area contributed by atoms with E-state index in [9.17, 15) is 14.4 Å². The number of anilines is 1. The van der Waals surface area contributed by atoms with E-state index in [1.165, 1.54) is 4.90 Å². The number of hydrogen-bond donors (Lipinski definition) is 3. The number of carbonyl (C=O) groups is 3. The molecule has 10 heteroatoms. The minimum absolute atomic E-state index is 0.184. The fourth-order valence-corrected chi connectivity index (χ4v) is 4.60. The van der Waals surface area contributed by atoms with E-state index >= 15 is 0 Å². The third kappa shape index (κ3) is 6.80. The van der Waals surface area contributed by atoms with Crippen molar-refractivity contribution in [1.29, 1.82) is 0 Å². The Kier molecular flexibility index (Phi) is 9.03. The molecule has 5 N–H and O–H groups in total. The van der Waals surface area contributed by atoms with E-state index in [1.54, 1.807) is 30.5 Å². The van der Waals surface area contributed by atoms with Gasteiger partial charge in [0, 0.05) is 36.1 Å². The average molecular weight is 483 g/mol. The van der Waals surface area contributed by atoms with Crippen LogP contribution in [0.2, 0.25) is 0 Å². The molecule has 34 heavy (non-hydrogen) atoms. The lowest BCUT2D eigenvalue weighted by Gasteiger charge is -2.14. The maximum atomic E-state index is 12.7. The predicted molar refractivity (Wildman–Crippen MR) is 134 cm³/mol. The maximum Gasteiger partial charge on any atom is 0.289 e. The van der Waals surface area contributed by atoms with Crippen LogP contribution in [-0.4, -0.2) is 44.6 Å². The molecule has 1 aromatic carbocycles. The van der Waals surface area contributed by atoms with Crippen LogP contribution < -0.4 is 16.9 Å². The highest BCUT2D eigenvalue weighted by molar-refractivity contribution is 8.15. The van der Waals surface area contributed by atoms with Crippen LogP contribution in [0.15, 0.2) is 47.7 Å². The Morgan fingerprint density at radius 2 is 1.94 bits per heavy atom. The third-order valence-electron chi connectivity index (χ3n) is 5.49. The minimum atomic E-state index is -0.451. The van der Waals surface area contributed by atoms with E-state index in [1.807, 2.05) is 12.1 Å². The van der Waals surface area contributed by atoms with Crippen molar-refractivity contribution in [3.8, 4) is 0 Å². The average Bonchev–Trinajstić information content (AvgIpc) is 3.10. The number of aryl methyl sites for hydroxylation is 1. The number of hydrazone groups is 1. The second-order valence-electron chi connectivity index (χ2n) is 8.07. The Bertz CT molecular complexity index is 1040. The van der Waals surface area contributed by atoms with Crippen LogP contribution in [0, 0.1) is 0 Å². The third-order valence-corrected chi connectivity index (χ3v) is 6.56. The Morgan fingerprint density at radius 1 is 1.18 bits per heavy atom. The molecule has 0 spiro atoms. The van der Waals surface area contributed by atoms with Crippen LogP contribution in [0.1, 0.15) is 49.4 Å². The summed E-state index contributed by atoms with van der Waals surface area (Å²) in [5.41, 5.74) is 8.88. The predicted octanol–water partition coefficient (Wildman–Crippen LogP) is 3.03. The minimum Gasteiger partial charge on any atom is -0.382 e. The number of benzene rings is 1. The van der Waals surface area contributed by atoms with Crippen LogP contribution in [0.25, 0.3) is 0 Å². The van der Waals surface area contributed by atoms with E-state index in [0.717, 1.165) is 42.3 Å². The van der Waals surface area contributed by atoms with Gasteiger partial charge in [-0.1, -0.05) is 31.2 Å². The highest BCUT2D eigenvalue weighted by Gasteiger charge is 2.39. The summed E-state index contributed by atoms with van der Waals surface area (Å²) in [7, 11) is 0. The van der Waals surface area contributed by atoms with Gasteiger partial charge in [-0.25, -0.2) is 0 Å². The number of amidine groups is 1.